The normalized spacial score (nSPS) is 11.7. The van der Waals surface area contributed by atoms with E-state index < -0.39 is 17.5 Å². The molecule has 10 rings (SSSR count). The van der Waals surface area contributed by atoms with Gasteiger partial charge in [0.1, 0.15) is 19.8 Å². The van der Waals surface area contributed by atoms with Crippen LogP contribution in [0.25, 0.3) is 72.8 Å². The summed E-state index contributed by atoms with van der Waals surface area (Å²) in [6, 6.07) is 55.4. The lowest BCUT2D eigenvalue weighted by Gasteiger charge is -2.32. The summed E-state index contributed by atoms with van der Waals surface area (Å²) in [5.41, 5.74) is 4.77. The van der Waals surface area contributed by atoms with Crippen molar-refractivity contribution in [3.63, 3.8) is 0 Å². The van der Waals surface area contributed by atoms with E-state index in [1.54, 1.807) is 23.5 Å². The number of thioether (sulfide) groups is 2. The highest BCUT2D eigenvalue weighted by atomic mass is 32.2. The van der Waals surface area contributed by atoms with E-state index in [9.17, 15) is 9.59 Å². The fourth-order valence-corrected chi connectivity index (χ4v) is 13.9. The van der Waals surface area contributed by atoms with Gasteiger partial charge in [-0.05, 0) is 47.5 Å². The average molecular weight is 959 g/mol. The van der Waals surface area contributed by atoms with E-state index in [1.165, 1.54) is 62.8 Å². The Morgan fingerprint density at radius 1 is 0.576 bits per heavy atom. The van der Waals surface area contributed by atoms with Crippen LogP contribution in [0.5, 0.6) is 5.19 Å². The Morgan fingerprint density at radius 2 is 1.09 bits per heavy atom. The van der Waals surface area contributed by atoms with Gasteiger partial charge in [0.25, 0.3) is 5.19 Å². The number of thiophene rings is 2. The van der Waals surface area contributed by atoms with Crippen molar-refractivity contribution in [3.05, 3.63) is 170 Å². The smallest absolute Gasteiger partial charge is 0.407 e. The van der Waals surface area contributed by atoms with Crippen LogP contribution in [-0.2, 0) is 14.3 Å². The number of nitrogens with zero attached hydrogens (tertiary/aromatic N) is 1. The molecule has 0 spiro atoms. The van der Waals surface area contributed by atoms with Crippen LogP contribution in [0.4, 0.5) is 4.79 Å². The quantitative estimate of drug-likeness (QED) is 0.0418. The first-order valence-electron chi connectivity index (χ1n) is 21.4. The molecule has 0 bridgehead atoms. The van der Waals surface area contributed by atoms with Crippen molar-refractivity contribution in [2.45, 2.75) is 9.79 Å². The summed E-state index contributed by atoms with van der Waals surface area (Å²) < 4.78 is 24.0. The molecule has 0 fully saturated rings. The first kappa shape index (κ1) is 43.7. The van der Waals surface area contributed by atoms with Crippen molar-refractivity contribution in [2.24, 2.45) is 5.41 Å². The summed E-state index contributed by atoms with van der Waals surface area (Å²) in [6.07, 6.45) is 0.480. The Balaban J connectivity index is 1.01. The minimum atomic E-state index is -0.743. The molecule has 0 aliphatic heterocycles. The van der Waals surface area contributed by atoms with Crippen LogP contribution in [0.15, 0.2) is 180 Å². The number of amides is 1. The Labute approximate surface area is 402 Å². The monoisotopic (exact) mass is 958 g/mol. The van der Waals surface area contributed by atoms with Crippen LogP contribution in [0.2, 0.25) is 0 Å². The third-order valence-electron chi connectivity index (χ3n) is 11.3. The zero-order chi connectivity index (χ0) is 44.9. The minimum Gasteiger partial charge on any atom is -0.469 e. The van der Waals surface area contributed by atoms with Crippen molar-refractivity contribution < 1.29 is 23.8 Å². The molecule has 0 aliphatic carbocycles. The molecule has 0 unspecified atom stereocenters. The summed E-state index contributed by atoms with van der Waals surface area (Å²) in [5.74, 6) is 0.531. The maximum absolute atomic E-state index is 13.5. The van der Waals surface area contributed by atoms with Crippen LogP contribution in [0.3, 0.4) is 0 Å². The molecule has 0 radical (unpaired) electrons. The molecule has 3 aromatic heterocycles. The number of para-hydroxylation sites is 1. The SMILES string of the molecule is C=CC(=O)OCCNC(=O)OCC(COc1nc2ccccc2s1)(CSc1ccccc1-c1cccc2c1sc1ccccc12)CSc1ccccc1-c1cccc2c1sc1ccccc12. The van der Waals surface area contributed by atoms with Crippen molar-refractivity contribution in [3.8, 4) is 27.4 Å². The number of esters is 1. The lowest BCUT2D eigenvalue weighted by molar-refractivity contribution is -0.137. The lowest BCUT2D eigenvalue weighted by atomic mass is 9.95. The van der Waals surface area contributed by atoms with Gasteiger partial charge in [-0.25, -0.2) is 14.6 Å². The fourth-order valence-electron chi connectivity index (χ4n) is 8.02. The van der Waals surface area contributed by atoms with Crippen LogP contribution in [-0.4, -0.2) is 54.9 Å². The Hall–Kier alpha value is -6.15. The van der Waals surface area contributed by atoms with Crippen LogP contribution >= 0.6 is 57.5 Å². The van der Waals surface area contributed by atoms with Gasteiger partial charge >= 0.3 is 12.1 Å². The number of benzene rings is 7. The predicted octanol–water partition coefficient (Wildman–Crippen LogP) is 14.8. The second kappa shape index (κ2) is 19.8. The Morgan fingerprint density at radius 3 is 1.68 bits per heavy atom. The van der Waals surface area contributed by atoms with E-state index >= 15 is 0 Å². The summed E-state index contributed by atoms with van der Waals surface area (Å²) in [5, 5.41) is 8.30. The molecule has 12 heteroatoms. The first-order chi connectivity index (χ1) is 32.4. The van der Waals surface area contributed by atoms with Gasteiger partial charge < -0.3 is 19.5 Å². The van der Waals surface area contributed by atoms with Crippen molar-refractivity contribution in [2.75, 3.05) is 37.9 Å². The predicted molar refractivity (Wildman–Crippen MR) is 279 cm³/mol. The van der Waals surface area contributed by atoms with Gasteiger partial charge in [-0.3, -0.25) is 0 Å². The molecule has 0 aliphatic rings. The molecule has 10 aromatic rings. The van der Waals surface area contributed by atoms with Gasteiger partial charge in [0, 0.05) is 78.8 Å². The van der Waals surface area contributed by atoms with E-state index in [0.717, 1.165) is 37.2 Å². The van der Waals surface area contributed by atoms with E-state index in [-0.39, 0.29) is 26.4 Å². The highest BCUT2D eigenvalue weighted by Crippen LogP contribution is 2.46. The first-order valence-corrected chi connectivity index (χ1v) is 25.8. The number of nitrogens with one attached hydrogen (secondary N) is 1. The molecule has 7 aromatic carbocycles. The fraction of sp³-hybridized carbons (Fsp3) is 0.130. The molecule has 1 N–H and O–H groups in total. The Bertz CT molecular complexity index is 3200. The standard InChI is InChI=1S/C54H42N2O5S5/c1-2-49(57)59-30-29-55-52(58)60-31-54(32-61-53-56-43-23-7-12-28-48(43)66-53,33-62-44-24-8-3-15-35(44)39-19-13-21-41-37-17-5-10-26-46(37)64-50(39)41)34-63-45-25-9-4-16-36(45)40-20-14-22-42-38-18-6-11-27-47(38)65-51(40)42/h2-28H,1,29-34H2,(H,55,58). The van der Waals surface area contributed by atoms with Crippen LogP contribution < -0.4 is 10.1 Å². The zero-order valence-corrected chi connectivity index (χ0v) is 39.7. The molecular weight excluding hydrogens is 917 g/mol. The Kier molecular flexibility index (Phi) is 13.1. The number of ether oxygens (including phenoxy) is 3. The molecule has 66 heavy (non-hydrogen) atoms. The van der Waals surface area contributed by atoms with E-state index in [2.05, 4.69) is 145 Å². The number of hydrogen-bond acceptors (Lipinski definition) is 11. The molecule has 7 nitrogen and oxygen atoms in total. The second-order valence-electron chi connectivity index (χ2n) is 15.7. The van der Waals surface area contributed by atoms with E-state index in [4.69, 9.17) is 19.2 Å². The van der Waals surface area contributed by atoms with Gasteiger partial charge in [-0.15, -0.1) is 46.2 Å². The lowest BCUT2D eigenvalue weighted by Crippen LogP contribution is -2.41. The zero-order valence-electron chi connectivity index (χ0n) is 35.6. The second-order valence-corrected chi connectivity index (χ2v) is 20.9. The van der Waals surface area contributed by atoms with Gasteiger partial charge in [0.2, 0.25) is 0 Å². The summed E-state index contributed by atoms with van der Waals surface area (Å²) >= 11 is 8.62. The number of carbonyl (C=O) groups excluding carboxylic acids is 2. The molecule has 0 atom stereocenters. The van der Waals surface area contributed by atoms with Gasteiger partial charge in [0.05, 0.1) is 22.2 Å². The van der Waals surface area contributed by atoms with Gasteiger partial charge in [-0.1, -0.05) is 139 Å². The molecular formula is C54H42N2O5S5. The molecule has 0 saturated carbocycles. The average Bonchev–Trinajstić information content (AvgIpc) is 4.08. The van der Waals surface area contributed by atoms with Crippen molar-refractivity contribution in [1.82, 2.24) is 10.3 Å². The maximum Gasteiger partial charge on any atom is 0.407 e. The number of fused-ring (bicyclic) bond motifs is 7. The number of rotatable bonds is 17. The molecule has 0 saturated heterocycles. The highest BCUT2D eigenvalue weighted by molar-refractivity contribution is 8.00. The highest BCUT2D eigenvalue weighted by Gasteiger charge is 2.35. The van der Waals surface area contributed by atoms with E-state index in [1.807, 2.05) is 46.9 Å². The maximum atomic E-state index is 13.5. The largest absolute Gasteiger partial charge is 0.469 e. The minimum absolute atomic E-state index is 0.00973. The molecule has 3 heterocycles. The molecule has 1 amide bonds. The number of thiazole rings is 1. The van der Waals surface area contributed by atoms with Crippen LogP contribution in [0.1, 0.15) is 0 Å². The number of alkyl carbamates (subject to hydrolysis) is 1. The summed E-state index contributed by atoms with van der Waals surface area (Å²) in [4.78, 5) is 32.2. The number of carbonyl (C=O) groups is 2. The van der Waals surface area contributed by atoms with E-state index in [0.29, 0.717) is 16.7 Å². The number of hydrogen-bond donors (Lipinski definition) is 1. The summed E-state index contributed by atoms with van der Waals surface area (Å²) in [7, 11) is 0. The number of aromatic nitrogens is 1. The van der Waals surface area contributed by atoms with Crippen molar-refractivity contribution in [1.29, 1.82) is 0 Å². The van der Waals surface area contributed by atoms with Gasteiger partial charge in [0.15, 0.2) is 0 Å². The van der Waals surface area contributed by atoms with Crippen LogP contribution in [0, 0.1) is 5.41 Å². The third-order valence-corrected chi connectivity index (χ3v) is 17.5. The third kappa shape index (κ3) is 9.29. The summed E-state index contributed by atoms with van der Waals surface area (Å²) in [6.45, 7) is 3.78. The molecule has 328 valence electrons. The topological polar surface area (TPSA) is 86.8 Å². The van der Waals surface area contributed by atoms with Gasteiger partial charge in [-0.2, -0.15) is 0 Å². The van der Waals surface area contributed by atoms with Crippen molar-refractivity contribution >= 4 is 120 Å².